The quantitative estimate of drug-likeness (QED) is 0.740. The number of Topliss-reactive ketones (excluding diaryl/α,β-unsaturated/α-hetero) is 1. The van der Waals surface area contributed by atoms with Crippen LogP contribution >= 0.6 is 0 Å². The van der Waals surface area contributed by atoms with Gasteiger partial charge < -0.3 is 19.0 Å². The highest BCUT2D eigenvalue weighted by atomic mass is 16.5. The minimum atomic E-state index is -1.84. The summed E-state index contributed by atoms with van der Waals surface area (Å²) in [7, 11) is 3.01. The fourth-order valence-electron chi connectivity index (χ4n) is 7.50. The van der Waals surface area contributed by atoms with E-state index < -0.39 is 28.6 Å². The first-order valence-electron chi connectivity index (χ1n) is 11.0. The summed E-state index contributed by atoms with van der Waals surface area (Å²) >= 11 is 0. The molecule has 0 aromatic heterocycles. The zero-order valence-electron chi connectivity index (χ0n) is 18.3. The maximum absolute atomic E-state index is 13.7. The molecule has 1 N–H and O–H groups in total. The molecule has 0 aromatic rings. The molecule has 2 fully saturated rings. The average Bonchev–Trinajstić information content (AvgIpc) is 3.17. The van der Waals surface area contributed by atoms with Gasteiger partial charge in [0.05, 0.1) is 18.9 Å². The Hall–Kier alpha value is -2.22. The number of aryl methyl sites for hydroxylation is 1. The molecule has 31 heavy (non-hydrogen) atoms. The van der Waals surface area contributed by atoms with Crippen molar-refractivity contribution in [3.05, 3.63) is 34.8 Å². The second-order valence-electron chi connectivity index (χ2n) is 9.88. The molecule has 0 amide bonds. The standard InChI is InChI=1S/C24H27NO6/c1-12-9-25-10-13-5-6-15-16-14(7-8-31-15)17(21(27)29-3)19-18(16)22(13,2)24(25,30-4)11-23(19,28)20(12)26/h7-8,12-13,28H,5-6,9-11H2,1-4H3/t12-,13-,22+,23-,24+/m1/s1. The number of ketones is 1. The van der Waals surface area contributed by atoms with Crippen LogP contribution in [0.5, 0.6) is 0 Å². The minimum absolute atomic E-state index is 0.104. The van der Waals surface area contributed by atoms with Crippen LogP contribution in [0.4, 0.5) is 0 Å². The van der Waals surface area contributed by atoms with Crippen LogP contribution in [0, 0.1) is 11.8 Å². The van der Waals surface area contributed by atoms with Crippen LogP contribution in [-0.4, -0.2) is 54.8 Å². The van der Waals surface area contributed by atoms with Gasteiger partial charge >= 0.3 is 5.97 Å². The number of carbonyl (C=O) groups is 2. The van der Waals surface area contributed by atoms with Crippen molar-refractivity contribution in [2.45, 2.75) is 49.9 Å². The third kappa shape index (κ3) is 1.89. The van der Waals surface area contributed by atoms with Gasteiger partial charge in [-0.25, -0.2) is 4.79 Å². The Morgan fingerprint density at radius 2 is 2.06 bits per heavy atom. The van der Waals surface area contributed by atoms with E-state index in [4.69, 9.17) is 13.9 Å². The molecule has 164 valence electrons. The molecule has 0 saturated carbocycles. The minimum Gasteiger partial charge on any atom is -0.469 e. The molecule has 5 atom stereocenters. The molecule has 7 nitrogen and oxygen atoms in total. The fraction of sp³-hybridized carbons (Fsp3) is 0.583. The van der Waals surface area contributed by atoms with Gasteiger partial charge in [0.15, 0.2) is 11.4 Å². The first kappa shape index (κ1) is 19.5. The number of carbonyl (C=O) groups excluding carboxylic acids is 2. The Labute approximate surface area is 180 Å². The Bertz CT molecular complexity index is 1120. The van der Waals surface area contributed by atoms with Gasteiger partial charge in [-0.05, 0) is 24.0 Å². The molecule has 6 rings (SSSR count). The zero-order chi connectivity index (χ0) is 21.9. The molecule has 2 saturated heterocycles. The molecule has 0 unspecified atom stereocenters. The Balaban J connectivity index is 1.85. The van der Waals surface area contributed by atoms with Crippen LogP contribution in [0.25, 0.3) is 11.1 Å². The third-order valence-corrected chi connectivity index (χ3v) is 8.82. The highest BCUT2D eigenvalue weighted by Crippen LogP contribution is 2.68. The SMILES string of the molecule is COC(=O)c1c2ccoc3c-2c2c1[C@]1(O)C[C@@]4(OC)N(C[C@@H](CC3)[C@@]24C)C[C@@H](C)C1=O. The van der Waals surface area contributed by atoms with Crippen molar-refractivity contribution in [2.24, 2.45) is 11.8 Å². The topological polar surface area (TPSA) is 89.2 Å². The number of nitrogens with zero attached hydrogens (tertiary/aromatic N) is 1. The molecule has 6 aliphatic rings. The van der Waals surface area contributed by atoms with Gasteiger partial charge in [0.25, 0.3) is 0 Å². The predicted molar refractivity (Wildman–Crippen MR) is 110 cm³/mol. The van der Waals surface area contributed by atoms with E-state index in [1.165, 1.54) is 7.11 Å². The number of hydrogen-bond donors (Lipinski definition) is 1. The first-order valence-corrected chi connectivity index (χ1v) is 11.0. The lowest BCUT2D eigenvalue weighted by atomic mass is 9.57. The lowest BCUT2D eigenvalue weighted by Gasteiger charge is -2.54. The molecular weight excluding hydrogens is 398 g/mol. The normalized spacial score (nSPS) is 38.4. The van der Waals surface area contributed by atoms with Crippen molar-refractivity contribution in [1.82, 2.24) is 4.90 Å². The molecule has 3 heterocycles. The second-order valence-corrected chi connectivity index (χ2v) is 9.88. The number of fused-ring (bicyclic) bond motifs is 2. The van der Waals surface area contributed by atoms with Crippen molar-refractivity contribution in [3.63, 3.8) is 0 Å². The van der Waals surface area contributed by atoms with E-state index in [2.05, 4.69) is 11.8 Å². The summed E-state index contributed by atoms with van der Waals surface area (Å²) in [5.74, 6) is -0.183. The van der Waals surface area contributed by atoms with Gasteiger partial charge in [-0.3, -0.25) is 9.69 Å². The summed E-state index contributed by atoms with van der Waals surface area (Å²) in [5.41, 5.74) is -0.120. The lowest BCUT2D eigenvalue weighted by molar-refractivity contribution is -0.192. The molecule has 0 aromatic carbocycles. The van der Waals surface area contributed by atoms with Gasteiger partial charge in [-0.15, -0.1) is 0 Å². The number of rotatable bonds is 2. The molecule has 3 aliphatic heterocycles. The van der Waals surface area contributed by atoms with Crippen molar-refractivity contribution in [1.29, 1.82) is 0 Å². The van der Waals surface area contributed by atoms with Crippen molar-refractivity contribution in [2.75, 3.05) is 27.3 Å². The van der Waals surface area contributed by atoms with Gasteiger partial charge in [-0.2, -0.15) is 0 Å². The summed E-state index contributed by atoms with van der Waals surface area (Å²) in [6, 6.07) is 1.76. The van der Waals surface area contributed by atoms with Crippen LogP contribution < -0.4 is 0 Å². The largest absolute Gasteiger partial charge is 0.469 e. The van der Waals surface area contributed by atoms with Crippen LogP contribution in [0.2, 0.25) is 0 Å². The fourth-order valence-corrected chi connectivity index (χ4v) is 7.50. The molecule has 2 bridgehead atoms. The first-order chi connectivity index (χ1) is 14.7. The van der Waals surface area contributed by atoms with E-state index in [-0.39, 0.29) is 18.1 Å². The van der Waals surface area contributed by atoms with Gasteiger partial charge in [0.2, 0.25) is 0 Å². The van der Waals surface area contributed by atoms with Crippen LogP contribution in [-0.2, 0) is 31.7 Å². The summed E-state index contributed by atoms with van der Waals surface area (Å²) < 4.78 is 17.4. The molecular formula is C24H27NO6. The monoisotopic (exact) mass is 425 g/mol. The summed E-state index contributed by atoms with van der Waals surface area (Å²) in [6.07, 6.45) is 3.32. The summed E-state index contributed by atoms with van der Waals surface area (Å²) in [4.78, 5) is 29.1. The van der Waals surface area contributed by atoms with E-state index >= 15 is 0 Å². The van der Waals surface area contributed by atoms with E-state index in [1.807, 2.05) is 6.92 Å². The Morgan fingerprint density at radius 3 is 2.77 bits per heavy atom. The number of hydrogen-bond acceptors (Lipinski definition) is 7. The Morgan fingerprint density at radius 1 is 1.29 bits per heavy atom. The van der Waals surface area contributed by atoms with E-state index in [1.54, 1.807) is 19.4 Å². The highest BCUT2D eigenvalue weighted by Gasteiger charge is 2.74. The Kier molecular flexibility index (Phi) is 3.62. The van der Waals surface area contributed by atoms with Crippen LogP contribution in [0.1, 0.15) is 53.9 Å². The average molecular weight is 425 g/mol. The maximum Gasteiger partial charge on any atom is 0.338 e. The van der Waals surface area contributed by atoms with Crippen LogP contribution in [0.3, 0.4) is 0 Å². The van der Waals surface area contributed by atoms with Crippen molar-refractivity contribution < 1.29 is 28.6 Å². The number of ether oxygens (including phenoxy) is 2. The smallest absolute Gasteiger partial charge is 0.338 e. The summed E-state index contributed by atoms with van der Waals surface area (Å²) in [5, 5.41) is 12.2. The predicted octanol–water partition coefficient (Wildman–Crippen LogP) is 2.46. The van der Waals surface area contributed by atoms with Crippen LogP contribution in [0.15, 0.2) is 16.7 Å². The van der Waals surface area contributed by atoms with E-state index in [0.717, 1.165) is 36.3 Å². The maximum atomic E-state index is 13.7. The lowest BCUT2D eigenvalue weighted by Crippen LogP contribution is -2.63. The molecule has 7 heteroatoms. The van der Waals surface area contributed by atoms with Gasteiger partial charge in [0, 0.05) is 61.1 Å². The van der Waals surface area contributed by atoms with Gasteiger partial charge in [-0.1, -0.05) is 13.8 Å². The molecule has 0 radical (unpaired) electrons. The zero-order valence-corrected chi connectivity index (χ0v) is 18.3. The third-order valence-electron chi connectivity index (χ3n) is 8.82. The second kappa shape index (κ2) is 5.77. The highest BCUT2D eigenvalue weighted by molar-refractivity contribution is 6.07. The molecule has 3 aliphatic carbocycles. The summed E-state index contributed by atoms with van der Waals surface area (Å²) in [6.45, 7) is 5.33. The van der Waals surface area contributed by atoms with Crippen molar-refractivity contribution >= 4 is 11.8 Å². The van der Waals surface area contributed by atoms with E-state index in [9.17, 15) is 14.7 Å². The molecule has 0 spiro atoms. The van der Waals surface area contributed by atoms with E-state index in [0.29, 0.717) is 23.2 Å². The number of esters is 1. The van der Waals surface area contributed by atoms with Crippen molar-refractivity contribution in [3.8, 4) is 11.1 Å². The van der Waals surface area contributed by atoms with Gasteiger partial charge in [0.1, 0.15) is 11.5 Å². The number of aliphatic hydroxyl groups is 1. The number of methoxy groups -OCH3 is 2.